The van der Waals surface area contributed by atoms with Crippen LogP contribution >= 0.6 is 23.8 Å². The number of hydrogen-bond donors (Lipinski definition) is 1. The highest BCUT2D eigenvalue weighted by Crippen LogP contribution is 2.43. The predicted octanol–water partition coefficient (Wildman–Crippen LogP) is 10.0. The van der Waals surface area contributed by atoms with E-state index < -0.39 is 13.9 Å². The number of rotatable bonds is 31. The zero-order valence-corrected chi connectivity index (χ0v) is 27.6. The molecular formula is C30H62BrO6P. The standard InChI is InChI=1S/C30H62BrO6P/c1-4-6-8-10-11-12-13-14-18-22-29(21-17-9-7-5-2)23-19-15-16-20-25-35-27-30(34-3)28-37-38(32,33)36-26-24-31/h29-30H,4-28H2,1-3H3,(H,32,33). The molecule has 0 spiro atoms. The van der Waals surface area contributed by atoms with Crippen LogP contribution in [0.25, 0.3) is 0 Å². The van der Waals surface area contributed by atoms with E-state index in [0.717, 1.165) is 12.3 Å². The third-order valence-electron chi connectivity index (χ3n) is 7.23. The van der Waals surface area contributed by atoms with E-state index in [1.165, 1.54) is 122 Å². The van der Waals surface area contributed by atoms with Crippen LogP contribution in [0.4, 0.5) is 0 Å². The molecule has 0 aliphatic heterocycles. The van der Waals surface area contributed by atoms with Crippen molar-refractivity contribution in [3.63, 3.8) is 0 Å². The number of methoxy groups -OCH3 is 1. The van der Waals surface area contributed by atoms with Gasteiger partial charge in [0, 0.05) is 19.0 Å². The average molecular weight is 630 g/mol. The lowest BCUT2D eigenvalue weighted by Crippen LogP contribution is -2.24. The molecule has 6 nitrogen and oxygen atoms in total. The first-order chi connectivity index (χ1) is 18.5. The number of phosphoric ester groups is 1. The predicted molar refractivity (Wildman–Crippen MR) is 164 cm³/mol. The molecule has 0 amide bonds. The Hall–Kier alpha value is 0.510. The van der Waals surface area contributed by atoms with Gasteiger partial charge in [-0.3, -0.25) is 9.05 Å². The maximum Gasteiger partial charge on any atom is 0.472 e. The van der Waals surface area contributed by atoms with E-state index in [-0.39, 0.29) is 13.2 Å². The Bertz CT molecular complexity index is 525. The molecule has 8 heteroatoms. The van der Waals surface area contributed by atoms with Crippen LogP contribution in [0.1, 0.15) is 142 Å². The molecule has 3 atom stereocenters. The molecule has 0 aliphatic rings. The second-order valence-corrected chi connectivity index (χ2v) is 13.0. The van der Waals surface area contributed by atoms with Crippen LogP contribution in [-0.4, -0.2) is 49.9 Å². The van der Waals surface area contributed by atoms with Gasteiger partial charge >= 0.3 is 7.82 Å². The number of unbranched alkanes of at least 4 members (excludes halogenated alkanes) is 14. The van der Waals surface area contributed by atoms with E-state index >= 15 is 0 Å². The van der Waals surface area contributed by atoms with Crippen molar-refractivity contribution in [1.29, 1.82) is 0 Å². The van der Waals surface area contributed by atoms with Gasteiger partial charge < -0.3 is 14.4 Å². The molecule has 0 aliphatic carbocycles. The van der Waals surface area contributed by atoms with Gasteiger partial charge in [0.2, 0.25) is 0 Å². The zero-order chi connectivity index (χ0) is 28.2. The fourth-order valence-electron chi connectivity index (χ4n) is 4.79. The first kappa shape index (κ1) is 38.5. The van der Waals surface area contributed by atoms with E-state index in [0.29, 0.717) is 18.5 Å². The van der Waals surface area contributed by atoms with Crippen molar-refractivity contribution in [3.05, 3.63) is 0 Å². The van der Waals surface area contributed by atoms with Gasteiger partial charge in [0.1, 0.15) is 6.10 Å². The van der Waals surface area contributed by atoms with E-state index in [1.54, 1.807) is 7.11 Å². The summed E-state index contributed by atoms with van der Waals surface area (Å²) < 4.78 is 32.5. The van der Waals surface area contributed by atoms with E-state index in [1.807, 2.05) is 0 Å². The first-order valence-electron chi connectivity index (χ1n) is 15.8. The van der Waals surface area contributed by atoms with Gasteiger partial charge in [-0.05, 0) is 12.3 Å². The maximum absolute atomic E-state index is 11.7. The fourth-order valence-corrected chi connectivity index (χ4v) is 5.95. The SMILES string of the molecule is CCCCCCCCCCCC(CCCCCC)CCCCCCOCC(COP(=O)(O)OCCBr)OC. The molecular weight excluding hydrogens is 567 g/mol. The minimum absolute atomic E-state index is 0.0365. The molecule has 0 aromatic rings. The lowest BCUT2D eigenvalue weighted by Gasteiger charge is -2.18. The largest absolute Gasteiger partial charge is 0.472 e. The summed E-state index contributed by atoms with van der Waals surface area (Å²) in [5, 5.41) is 0.469. The fraction of sp³-hybridized carbons (Fsp3) is 1.00. The van der Waals surface area contributed by atoms with Gasteiger partial charge in [-0.15, -0.1) is 0 Å². The molecule has 0 saturated carbocycles. The quantitative estimate of drug-likeness (QED) is 0.0467. The summed E-state index contributed by atoms with van der Waals surface area (Å²) in [6.45, 7) is 5.67. The number of ether oxygens (including phenoxy) is 2. The molecule has 0 heterocycles. The van der Waals surface area contributed by atoms with Gasteiger partial charge in [0.05, 0.1) is 19.8 Å². The summed E-state index contributed by atoms with van der Waals surface area (Å²) >= 11 is 3.15. The van der Waals surface area contributed by atoms with Crippen LogP contribution in [0.15, 0.2) is 0 Å². The lowest BCUT2D eigenvalue weighted by molar-refractivity contribution is -0.0218. The van der Waals surface area contributed by atoms with Crippen molar-refractivity contribution >= 4 is 23.8 Å². The van der Waals surface area contributed by atoms with Gasteiger partial charge in [-0.1, -0.05) is 152 Å². The Balaban J connectivity index is 3.94. The highest BCUT2D eigenvalue weighted by molar-refractivity contribution is 9.09. The molecule has 0 fully saturated rings. The number of hydrogen-bond acceptors (Lipinski definition) is 5. The Morgan fingerprint density at radius 3 is 1.63 bits per heavy atom. The smallest absolute Gasteiger partial charge is 0.379 e. The summed E-state index contributed by atoms with van der Waals surface area (Å²) in [6.07, 6.45) is 26.9. The third kappa shape index (κ3) is 26.7. The van der Waals surface area contributed by atoms with Gasteiger partial charge in [0.25, 0.3) is 0 Å². The van der Waals surface area contributed by atoms with E-state index in [9.17, 15) is 9.46 Å². The van der Waals surface area contributed by atoms with Crippen LogP contribution in [0.5, 0.6) is 0 Å². The number of alkyl halides is 1. The van der Waals surface area contributed by atoms with Crippen LogP contribution in [0.2, 0.25) is 0 Å². The van der Waals surface area contributed by atoms with Crippen LogP contribution in [-0.2, 0) is 23.1 Å². The molecule has 0 rings (SSSR count). The normalized spacial score (nSPS) is 15.0. The van der Waals surface area contributed by atoms with Gasteiger partial charge in [0.15, 0.2) is 0 Å². The first-order valence-corrected chi connectivity index (χ1v) is 18.4. The van der Waals surface area contributed by atoms with E-state index in [4.69, 9.17) is 18.5 Å². The molecule has 0 saturated heterocycles. The Morgan fingerprint density at radius 2 is 1.13 bits per heavy atom. The number of phosphoric acid groups is 1. The summed E-state index contributed by atoms with van der Waals surface area (Å²) in [5.41, 5.74) is 0. The maximum atomic E-state index is 11.7. The topological polar surface area (TPSA) is 74.2 Å². The Morgan fingerprint density at radius 1 is 0.658 bits per heavy atom. The van der Waals surface area contributed by atoms with Gasteiger partial charge in [-0.2, -0.15) is 0 Å². The second-order valence-electron chi connectivity index (χ2n) is 10.8. The van der Waals surface area contributed by atoms with Crippen LogP contribution < -0.4 is 0 Å². The number of halogens is 1. The molecule has 1 N–H and O–H groups in total. The minimum atomic E-state index is -4.04. The van der Waals surface area contributed by atoms with Crippen molar-refractivity contribution in [2.24, 2.45) is 5.92 Å². The Labute approximate surface area is 244 Å². The van der Waals surface area contributed by atoms with Crippen LogP contribution in [0, 0.1) is 5.92 Å². The molecule has 0 aromatic carbocycles. The van der Waals surface area contributed by atoms with Crippen molar-refractivity contribution in [2.45, 2.75) is 148 Å². The molecule has 38 heavy (non-hydrogen) atoms. The molecule has 0 radical (unpaired) electrons. The van der Waals surface area contributed by atoms with Crippen molar-refractivity contribution in [1.82, 2.24) is 0 Å². The lowest BCUT2D eigenvalue weighted by atomic mass is 9.89. The Kier molecular flexibility index (Phi) is 29.4. The molecule has 0 bridgehead atoms. The summed E-state index contributed by atoms with van der Waals surface area (Å²) in [7, 11) is -2.49. The molecule has 0 aromatic heterocycles. The monoisotopic (exact) mass is 628 g/mol. The van der Waals surface area contributed by atoms with Gasteiger partial charge in [-0.25, -0.2) is 4.57 Å². The summed E-state index contributed by atoms with van der Waals surface area (Å²) in [6, 6.07) is 0. The second kappa shape index (κ2) is 29.0. The summed E-state index contributed by atoms with van der Waals surface area (Å²) in [4.78, 5) is 9.60. The van der Waals surface area contributed by atoms with Crippen molar-refractivity contribution in [2.75, 3.05) is 38.9 Å². The highest BCUT2D eigenvalue weighted by Gasteiger charge is 2.23. The van der Waals surface area contributed by atoms with Crippen molar-refractivity contribution in [3.8, 4) is 0 Å². The molecule has 230 valence electrons. The third-order valence-corrected chi connectivity index (χ3v) is 8.53. The van der Waals surface area contributed by atoms with Crippen molar-refractivity contribution < 1.29 is 28.0 Å². The van der Waals surface area contributed by atoms with Crippen LogP contribution in [0.3, 0.4) is 0 Å². The highest BCUT2D eigenvalue weighted by atomic mass is 79.9. The average Bonchev–Trinajstić information content (AvgIpc) is 2.91. The zero-order valence-electron chi connectivity index (χ0n) is 25.1. The van der Waals surface area contributed by atoms with E-state index in [2.05, 4.69) is 29.8 Å². The summed E-state index contributed by atoms with van der Waals surface area (Å²) in [5.74, 6) is 0.913. The minimum Gasteiger partial charge on any atom is -0.379 e. The molecule has 3 unspecified atom stereocenters.